The maximum atomic E-state index is 11.7. The van der Waals surface area contributed by atoms with Crippen molar-refractivity contribution in [1.82, 2.24) is 5.32 Å². The van der Waals surface area contributed by atoms with E-state index in [4.69, 9.17) is 18.0 Å². The summed E-state index contributed by atoms with van der Waals surface area (Å²) in [7, 11) is 0. The minimum Gasteiger partial charge on any atom is -0.392 e. The zero-order valence-electron chi connectivity index (χ0n) is 8.96. The highest BCUT2D eigenvalue weighted by Crippen LogP contribution is 2.33. The van der Waals surface area contributed by atoms with Crippen LogP contribution >= 0.6 is 12.2 Å². The third-order valence-electron chi connectivity index (χ3n) is 2.37. The fourth-order valence-electron chi connectivity index (χ4n) is 1.21. The van der Waals surface area contributed by atoms with Crippen molar-refractivity contribution in [3.05, 3.63) is 0 Å². The lowest BCUT2D eigenvalue weighted by molar-refractivity contribution is -0.128. The van der Waals surface area contributed by atoms with E-state index < -0.39 is 0 Å². The molecule has 0 aromatic rings. The van der Waals surface area contributed by atoms with E-state index in [0.29, 0.717) is 10.9 Å². The molecule has 0 aliphatic heterocycles. The third kappa shape index (κ3) is 2.94. The number of thiocarbonyl (C=S) groups is 1. The first-order chi connectivity index (χ1) is 6.32. The Balaban J connectivity index is 2.56. The summed E-state index contributed by atoms with van der Waals surface area (Å²) in [4.78, 5) is 12.1. The van der Waals surface area contributed by atoms with Gasteiger partial charge in [-0.1, -0.05) is 33.0 Å². The van der Waals surface area contributed by atoms with Crippen LogP contribution in [0.5, 0.6) is 0 Å². The first-order valence-electron chi connectivity index (χ1n) is 4.92. The average molecular weight is 214 g/mol. The Bertz CT molecular complexity index is 253. The van der Waals surface area contributed by atoms with Crippen LogP contribution in [0.2, 0.25) is 0 Å². The maximum absolute atomic E-state index is 11.7. The highest BCUT2D eigenvalue weighted by Gasteiger charge is 2.36. The molecule has 14 heavy (non-hydrogen) atoms. The number of carbonyl (C=O) groups is 1. The summed E-state index contributed by atoms with van der Waals surface area (Å²) in [5.41, 5.74) is 5.21. The molecule has 0 aromatic carbocycles. The second-order valence-corrected chi connectivity index (χ2v) is 5.41. The number of carbonyl (C=O) groups excluding carboxylic acids is 1. The molecule has 80 valence electrons. The zero-order chi connectivity index (χ0) is 10.9. The normalized spacial score (nSPS) is 18.8. The molecule has 1 unspecified atom stereocenters. The Morgan fingerprint density at radius 2 is 2.00 bits per heavy atom. The molecule has 1 atom stereocenters. The summed E-state index contributed by atoms with van der Waals surface area (Å²) in [6.45, 7) is 5.64. The summed E-state index contributed by atoms with van der Waals surface area (Å²) < 4.78 is 0. The van der Waals surface area contributed by atoms with Crippen molar-refractivity contribution >= 4 is 23.1 Å². The third-order valence-corrected chi connectivity index (χ3v) is 2.62. The van der Waals surface area contributed by atoms with Crippen LogP contribution in [0.4, 0.5) is 0 Å². The number of hydrogen-bond donors (Lipinski definition) is 2. The largest absolute Gasteiger partial charge is 0.392 e. The molecule has 0 heterocycles. The van der Waals surface area contributed by atoms with E-state index in [9.17, 15) is 4.79 Å². The molecule has 1 rings (SSSR count). The Morgan fingerprint density at radius 1 is 1.50 bits per heavy atom. The molecule has 0 saturated heterocycles. The van der Waals surface area contributed by atoms with Gasteiger partial charge in [-0.3, -0.25) is 4.79 Å². The van der Waals surface area contributed by atoms with E-state index in [1.165, 1.54) is 0 Å². The van der Waals surface area contributed by atoms with Gasteiger partial charge < -0.3 is 11.1 Å². The molecule has 1 fully saturated rings. The predicted octanol–water partition coefficient (Wildman–Crippen LogP) is 1.21. The summed E-state index contributed by atoms with van der Waals surface area (Å²) in [5.74, 6) is 0.487. The van der Waals surface area contributed by atoms with Gasteiger partial charge in [0, 0.05) is 5.41 Å². The van der Waals surface area contributed by atoms with Crippen LogP contribution in [-0.4, -0.2) is 16.9 Å². The summed E-state index contributed by atoms with van der Waals surface area (Å²) in [5, 5.41) is 2.91. The van der Waals surface area contributed by atoms with Crippen LogP contribution in [0.25, 0.3) is 0 Å². The van der Waals surface area contributed by atoms with E-state index >= 15 is 0 Å². The predicted molar refractivity (Wildman–Crippen MR) is 60.9 cm³/mol. The lowest BCUT2D eigenvalue weighted by atomic mass is 9.95. The number of amides is 1. The minimum atomic E-state index is -0.377. The SMILES string of the molecule is CC(C)(C)C(=O)NC(C(N)=S)C1CC1. The number of nitrogens with one attached hydrogen (secondary N) is 1. The Kier molecular flexibility index (Phi) is 3.14. The van der Waals surface area contributed by atoms with Crippen molar-refractivity contribution < 1.29 is 4.79 Å². The smallest absolute Gasteiger partial charge is 0.225 e. The van der Waals surface area contributed by atoms with Gasteiger partial charge in [0.15, 0.2) is 0 Å². The molecule has 0 radical (unpaired) electrons. The van der Waals surface area contributed by atoms with Gasteiger partial charge in [-0.15, -0.1) is 0 Å². The van der Waals surface area contributed by atoms with Gasteiger partial charge in [0.25, 0.3) is 0 Å². The van der Waals surface area contributed by atoms with Gasteiger partial charge in [-0.2, -0.15) is 0 Å². The van der Waals surface area contributed by atoms with E-state index in [1.54, 1.807) is 0 Å². The lowest BCUT2D eigenvalue weighted by Crippen LogP contribution is -2.48. The van der Waals surface area contributed by atoms with Gasteiger partial charge in [0.2, 0.25) is 5.91 Å². The van der Waals surface area contributed by atoms with E-state index in [1.807, 2.05) is 20.8 Å². The lowest BCUT2D eigenvalue weighted by Gasteiger charge is -2.23. The average Bonchev–Trinajstić information content (AvgIpc) is 2.79. The highest BCUT2D eigenvalue weighted by molar-refractivity contribution is 7.80. The van der Waals surface area contributed by atoms with E-state index in [0.717, 1.165) is 12.8 Å². The first-order valence-corrected chi connectivity index (χ1v) is 5.33. The second-order valence-electron chi connectivity index (χ2n) is 4.94. The minimum absolute atomic E-state index is 0.0159. The molecule has 1 saturated carbocycles. The summed E-state index contributed by atoms with van der Waals surface area (Å²) in [6.07, 6.45) is 2.23. The molecule has 0 spiro atoms. The summed E-state index contributed by atoms with van der Waals surface area (Å²) >= 11 is 4.94. The monoisotopic (exact) mass is 214 g/mol. The quantitative estimate of drug-likeness (QED) is 0.694. The van der Waals surface area contributed by atoms with Crippen molar-refractivity contribution in [3.63, 3.8) is 0 Å². The number of nitrogens with two attached hydrogens (primary N) is 1. The van der Waals surface area contributed by atoms with E-state index in [2.05, 4.69) is 5.32 Å². The van der Waals surface area contributed by atoms with Gasteiger partial charge in [0.1, 0.15) is 0 Å². The summed E-state index contributed by atoms with van der Waals surface area (Å²) in [6, 6.07) is -0.100. The van der Waals surface area contributed by atoms with Gasteiger partial charge >= 0.3 is 0 Å². The molecule has 4 heteroatoms. The van der Waals surface area contributed by atoms with Crippen molar-refractivity contribution in [3.8, 4) is 0 Å². The second kappa shape index (κ2) is 3.85. The van der Waals surface area contributed by atoms with Gasteiger partial charge in [-0.05, 0) is 18.8 Å². The number of hydrogen-bond acceptors (Lipinski definition) is 2. The molecule has 0 bridgehead atoms. The maximum Gasteiger partial charge on any atom is 0.225 e. The van der Waals surface area contributed by atoms with E-state index in [-0.39, 0.29) is 17.4 Å². The molecule has 3 N–H and O–H groups in total. The van der Waals surface area contributed by atoms with Gasteiger partial charge in [0.05, 0.1) is 11.0 Å². The van der Waals surface area contributed by atoms with Gasteiger partial charge in [-0.25, -0.2) is 0 Å². The molecular formula is C10H18N2OS. The fourth-order valence-corrected chi connectivity index (χ4v) is 1.46. The molecule has 1 aliphatic carbocycles. The van der Waals surface area contributed by atoms with Crippen LogP contribution in [0.3, 0.4) is 0 Å². The number of rotatable bonds is 3. The molecule has 1 aliphatic rings. The Hall–Kier alpha value is -0.640. The topological polar surface area (TPSA) is 55.1 Å². The fraction of sp³-hybridized carbons (Fsp3) is 0.800. The van der Waals surface area contributed by atoms with Crippen molar-refractivity contribution in [2.45, 2.75) is 39.7 Å². The highest BCUT2D eigenvalue weighted by atomic mass is 32.1. The first kappa shape index (κ1) is 11.4. The van der Waals surface area contributed by atoms with Crippen LogP contribution in [0.1, 0.15) is 33.6 Å². The van der Waals surface area contributed by atoms with Crippen molar-refractivity contribution in [2.75, 3.05) is 0 Å². The molecule has 0 aromatic heterocycles. The van der Waals surface area contributed by atoms with Crippen molar-refractivity contribution in [1.29, 1.82) is 0 Å². The molecular weight excluding hydrogens is 196 g/mol. The Morgan fingerprint density at radius 3 is 2.29 bits per heavy atom. The molecule has 1 amide bonds. The van der Waals surface area contributed by atoms with Crippen LogP contribution in [0.15, 0.2) is 0 Å². The molecule has 3 nitrogen and oxygen atoms in total. The standard InChI is InChI=1S/C10H18N2OS/c1-10(2,3)9(13)12-7(8(11)14)6-4-5-6/h6-7H,4-5H2,1-3H3,(H2,11,14)(H,12,13). The van der Waals surface area contributed by atoms with Crippen molar-refractivity contribution in [2.24, 2.45) is 17.1 Å². The van der Waals surface area contributed by atoms with Crippen LogP contribution < -0.4 is 11.1 Å². The zero-order valence-corrected chi connectivity index (χ0v) is 9.78. The Labute approximate surface area is 90.4 Å². The van der Waals surface area contributed by atoms with Crippen LogP contribution in [-0.2, 0) is 4.79 Å². The van der Waals surface area contributed by atoms with Crippen LogP contribution in [0, 0.1) is 11.3 Å².